The monoisotopic (exact) mass is 279 g/mol. The van der Waals surface area contributed by atoms with E-state index in [0.29, 0.717) is 12.4 Å². The summed E-state index contributed by atoms with van der Waals surface area (Å²) in [6, 6.07) is 14.4. The maximum atomic E-state index is 13.2. The summed E-state index contributed by atoms with van der Waals surface area (Å²) in [5.41, 5.74) is 1.08. The standard InChI is InChI=1S/C15H15ClFNO/c16-14-8-7-13(11-15(14)17)19-10-4-9-18-12-5-2-1-3-6-12/h1-3,5-8,11,18H,4,9-10H2. The van der Waals surface area contributed by atoms with E-state index in [-0.39, 0.29) is 5.02 Å². The van der Waals surface area contributed by atoms with Crippen LogP contribution in [0.25, 0.3) is 0 Å². The molecule has 0 radical (unpaired) electrons. The van der Waals surface area contributed by atoms with Gasteiger partial charge in [0.05, 0.1) is 11.6 Å². The van der Waals surface area contributed by atoms with Gasteiger partial charge in [-0.15, -0.1) is 0 Å². The minimum absolute atomic E-state index is 0.109. The normalized spacial score (nSPS) is 10.2. The highest BCUT2D eigenvalue weighted by Crippen LogP contribution is 2.20. The van der Waals surface area contributed by atoms with E-state index in [1.807, 2.05) is 30.3 Å². The van der Waals surface area contributed by atoms with Gasteiger partial charge in [0.2, 0.25) is 0 Å². The SMILES string of the molecule is Fc1cc(OCCCNc2ccccc2)ccc1Cl. The smallest absolute Gasteiger partial charge is 0.145 e. The fourth-order valence-electron chi connectivity index (χ4n) is 1.62. The molecule has 19 heavy (non-hydrogen) atoms. The van der Waals surface area contributed by atoms with Crippen LogP contribution in [-0.2, 0) is 0 Å². The van der Waals surface area contributed by atoms with Crippen molar-refractivity contribution in [2.45, 2.75) is 6.42 Å². The molecular weight excluding hydrogens is 265 g/mol. The molecule has 2 rings (SSSR count). The van der Waals surface area contributed by atoms with Crippen LogP contribution in [-0.4, -0.2) is 13.2 Å². The Kier molecular flexibility index (Phi) is 5.04. The molecule has 0 amide bonds. The molecule has 0 spiro atoms. The zero-order valence-electron chi connectivity index (χ0n) is 10.4. The maximum absolute atomic E-state index is 13.2. The molecule has 0 atom stereocenters. The summed E-state index contributed by atoms with van der Waals surface area (Å²) < 4.78 is 18.6. The van der Waals surface area contributed by atoms with Crippen molar-refractivity contribution in [1.29, 1.82) is 0 Å². The van der Waals surface area contributed by atoms with Crippen molar-refractivity contribution in [3.05, 3.63) is 59.4 Å². The molecule has 0 fully saturated rings. The summed E-state index contributed by atoms with van der Waals surface area (Å²) in [4.78, 5) is 0. The van der Waals surface area contributed by atoms with Crippen molar-refractivity contribution in [2.75, 3.05) is 18.5 Å². The second-order valence-electron chi connectivity index (χ2n) is 4.07. The van der Waals surface area contributed by atoms with E-state index in [0.717, 1.165) is 18.7 Å². The Hall–Kier alpha value is -1.74. The number of hydrogen-bond donors (Lipinski definition) is 1. The molecule has 1 N–H and O–H groups in total. The fourth-order valence-corrected chi connectivity index (χ4v) is 1.74. The molecule has 0 saturated heterocycles. The molecule has 0 aliphatic rings. The summed E-state index contributed by atoms with van der Waals surface area (Å²) in [5.74, 6) is 0.0446. The molecule has 0 aliphatic carbocycles. The van der Waals surface area contributed by atoms with Crippen LogP contribution in [0.15, 0.2) is 48.5 Å². The number of ether oxygens (including phenoxy) is 1. The molecular formula is C15H15ClFNO. The Labute approximate surface area is 117 Å². The van der Waals surface area contributed by atoms with Crippen LogP contribution in [0, 0.1) is 5.82 Å². The van der Waals surface area contributed by atoms with Crippen molar-refractivity contribution in [3.8, 4) is 5.75 Å². The van der Waals surface area contributed by atoms with Gasteiger partial charge in [0.25, 0.3) is 0 Å². The molecule has 0 heterocycles. The van der Waals surface area contributed by atoms with Crippen LogP contribution in [0.2, 0.25) is 5.02 Å². The highest BCUT2D eigenvalue weighted by Gasteiger charge is 2.01. The van der Waals surface area contributed by atoms with E-state index in [1.165, 1.54) is 12.1 Å². The van der Waals surface area contributed by atoms with E-state index in [2.05, 4.69) is 5.32 Å². The number of halogens is 2. The van der Waals surface area contributed by atoms with Crippen molar-refractivity contribution in [1.82, 2.24) is 0 Å². The molecule has 0 saturated carbocycles. The van der Waals surface area contributed by atoms with Gasteiger partial charge in [-0.2, -0.15) is 0 Å². The summed E-state index contributed by atoms with van der Waals surface area (Å²) in [6.07, 6.45) is 0.832. The first-order valence-corrected chi connectivity index (χ1v) is 6.50. The third kappa shape index (κ3) is 4.45. The molecule has 0 aliphatic heterocycles. The molecule has 0 aromatic heterocycles. The minimum atomic E-state index is -0.457. The molecule has 2 aromatic rings. The van der Waals surface area contributed by atoms with Crippen LogP contribution in [0.1, 0.15) is 6.42 Å². The fraction of sp³-hybridized carbons (Fsp3) is 0.200. The summed E-state index contributed by atoms with van der Waals surface area (Å²) in [5, 5.41) is 3.39. The molecule has 0 unspecified atom stereocenters. The molecule has 0 bridgehead atoms. The average molecular weight is 280 g/mol. The van der Waals surface area contributed by atoms with Crippen molar-refractivity contribution in [3.63, 3.8) is 0 Å². The number of para-hydroxylation sites is 1. The zero-order chi connectivity index (χ0) is 13.5. The van der Waals surface area contributed by atoms with Gasteiger partial charge in [0.1, 0.15) is 11.6 Å². The Balaban J connectivity index is 1.68. The van der Waals surface area contributed by atoms with Crippen molar-refractivity contribution in [2.24, 2.45) is 0 Å². The van der Waals surface area contributed by atoms with Crippen molar-refractivity contribution >= 4 is 17.3 Å². The topological polar surface area (TPSA) is 21.3 Å². The summed E-state index contributed by atoms with van der Waals surface area (Å²) in [7, 11) is 0. The zero-order valence-corrected chi connectivity index (χ0v) is 11.2. The maximum Gasteiger partial charge on any atom is 0.145 e. The second kappa shape index (κ2) is 7.00. The Morgan fingerprint density at radius 1 is 1.11 bits per heavy atom. The van der Waals surface area contributed by atoms with E-state index in [9.17, 15) is 4.39 Å². The van der Waals surface area contributed by atoms with Gasteiger partial charge in [-0.05, 0) is 30.7 Å². The second-order valence-corrected chi connectivity index (χ2v) is 4.48. The number of nitrogens with one attached hydrogen (secondary N) is 1. The van der Waals surface area contributed by atoms with Crippen LogP contribution in [0.3, 0.4) is 0 Å². The molecule has 2 nitrogen and oxygen atoms in total. The van der Waals surface area contributed by atoms with Crippen LogP contribution in [0.5, 0.6) is 5.75 Å². The van der Waals surface area contributed by atoms with Gasteiger partial charge >= 0.3 is 0 Å². The average Bonchev–Trinajstić information content (AvgIpc) is 2.43. The molecule has 4 heteroatoms. The van der Waals surface area contributed by atoms with E-state index in [4.69, 9.17) is 16.3 Å². The van der Waals surface area contributed by atoms with Gasteiger partial charge in [-0.1, -0.05) is 29.8 Å². The van der Waals surface area contributed by atoms with Gasteiger partial charge in [0.15, 0.2) is 0 Å². The summed E-state index contributed by atoms with van der Waals surface area (Å²) in [6.45, 7) is 1.33. The Morgan fingerprint density at radius 2 is 1.89 bits per heavy atom. The first-order chi connectivity index (χ1) is 9.25. The van der Waals surface area contributed by atoms with Crippen LogP contribution >= 0.6 is 11.6 Å². The van der Waals surface area contributed by atoms with Gasteiger partial charge in [-0.25, -0.2) is 4.39 Å². The first-order valence-electron chi connectivity index (χ1n) is 6.12. The highest BCUT2D eigenvalue weighted by atomic mass is 35.5. The van der Waals surface area contributed by atoms with Crippen LogP contribution < -0.4 is 10.1 Å². The van der Waals surface area contributed by atoms with Gasteiger partial charge in [0, 0.05) is 18.3 Å². The van der Waals surface area contributed by atoms with E-state index in [1.54, 1.807) is 6.07 Å². The Morgan fingerprint density at radius 3 is 2.63 bits per heavy atom. The highest BCUT2D eigenvalue weighted by molar-refractivity contribution is 6.30. The quantitative estimate of drug-likeness (QED) is 0.793. The predicted molar refractivity (Wildman–Crippen MR) is 76.5 cm³/mol. The molecule has 2 aromatic carbocycles. The van der Waals surface area contributed by atoms with E-state index < -0.39 is 5.82 Å². The lowest BCUT2D eigenvalue weighted by molar-refractivity contribution is 0.313. The van der Waals surface area contributed by atoms with E-state index >= 15 is 0 Å². The third-order valence-electron chi connectivity index (χ3n) is 2.58. The third-order valence-corrected chi connectivity index (χ3v) is 2.89. The number of benzene rings is 2. The number of anilines is 1. The molecule has 100 valence electrons. The minimum Gasteiger partial charge on any atom is -0.493 e. The first kappa shape index (κ1) is 13.7. The van der Waals surface area contributed by atoms with Crippen LogP contribution in [0.4, 0.5) is 10.1 Å². The Bertz CT molecular complexity index is 519. The summed E-state index contributed by atoms with van der Waals surface area (Å²) >= 11 is 5.59. The predicted octanol–water partition coefficient (Wildman–Crippen LogP) is 4.36. The van der Waals surface area contributed by atoms with Crippen molar-refractivity contribution < 1.29 is 9.13 Å². The lowest BCUT2D eigenvalue weighted by Gasteiger charge is -2.08. The number of hydrogen-bond acceptors (Lipinski definition) is 2. The van der Waals surface area contributed by atoms with Gasteiger partial charge < -0.3 is 10.1 Å². The number of rotatable bonds is 6. The lowest BCUT2D eigenvalue weighted by atomic mass is 10.3. The van der Waals surface area contributed by atoms with Gasteiger partial charge in [-0.3, -0.25) is 0 Å². The lowest BCUT2D eigenvalue weighted by Crippen LogP contribution is -2.07. The largest absolute Gasteiger partial charge is 0.493 e.